The Morgan fingerprint density at radius 3 is 2.56 bits per heavy atom. The van der Waals surface area contributed by atoms with Gasteiger partial charge in [0, 0.05) is 22.4 Å². The van der Waals surface area contributed by atoms with Gasteiger partial charge in [-0.15, -0.1) is 11.3 Å². The predicted molar refractivity (Wildman–Crippen MR) is 108 cm³/mol. The highest BCUT2D eigenvalue weighted by atomic mass is 79.9. The van der Waals surface area contributed by atoms with E-state index in [0.29, 0.717) is 26.3 Å². The number of thiophene rings is 1. The van der Waals surface area contributed by atoms with Crippen LogP contribution in [-0.2, 0) is 26.0 Å². The molecule has 0 spiro atoms. The average Bonchev–Trinajstić information content (AvgIpc) is 3.12. The molecule has 2 heterocycles. The molecule has 1 saturated heterocycles. The standard InChI is InChI=1S/C18H21BrN2O4S2/c1-13(14-2-4-15(19)5-3-14)20-17(22)12-16-6-7-18(26-16)27(23,24)21-8-10-25-11-9-21/h2-7,13H,8-12H2,1H3,(H,20,22)/t13-/m1/s1. The van der Waals surface area contributed by atoms with Crippen LogP contribution in [-0.4, -0.2) is 44.9 Å². The van der Waals surface area contributed by atoms with Gasteiger partial charge in [-0.05, 0) is 36.8 Å². The van der Waals surface area contributed by atoms with Gasteiger partial charge in [0.25, 0.3) is 10.0 Å². The fourth-order valence-electron chi connectivity index (χ4n) is 2.79. The number of halogens is 1. The van der Waals surface area contributed by atoms with Gasteiger partial charge >= 0.3 is 0 Å². The molecule has 9 heteroatoms. The van der Waals surface area contributed by atoms with Gasteiger partial charge in [0.2, 0.25) is 5.91 Å². The Labute approximate surface area is 171 Å². The Kier molecular flexibility index (Phi) is 6.69. The molecule has 3 rings (SSSR count). The van der Waals surface area contributed by atoms with Gasteiger partial charge in [0.05, 0.1) is 25.7 Å². The van der Waals surface area contributed by atoms with Crippen molar-refractivity contribution in [3.63, 3.8) is 0 Å². The number of benzene rings is 1. The second-order valence-corrected chi connectivity index (χ2v) is 10.5. The van der Waals surface area contributed by atoms with Crippen molar-refractivity contribution in [2.45, 2.75) is 23.6 Å². The van der Waals surface area contributed by atoms with E-state index in [4.69, 9.17) is 4.74 Å². The quantitative estimate of drug-likeness (QED) is 0.700. The molecule has 0 saturated carbocycles. The molecule has 1 aromatic heterocycles. The van der Waals surface area contributed by atoms with Crippen molar-refractivity contribution in [2.75, 3.05) is 26.3 Å². The third-order valence-electron chi connectivity index (χ3n) is 4.28. The Morgan fingerprint density at radius 1 is 1.22 bits per heavy atom. The summed E-state index contributed by atoms with van der Waals surface area (Å²) < 4.78 is 33.2. The van der Waals surface area contributed by atoms with Crippen LogP contribution in [0.4, 0.5) is 0 Å². The van der Waals surface area contributed by atoms with Crippen LogP contribution < -0.4 is 5.32 Å². The summed E-state index contributed by atoms with van der Waals surface area (Å²) in [5.74, 6) is -0.136. The maximum Gasteiger partial charge on any atom is 0.252 e. The Morgan fingerprint density at radius 2 is 1.89 bits per heavy atom. The van der Waals surface area contributed by atoms with E-state index in [1.807, 2.05) is 31.2 Å². The number of carbonyl (C=O) groups is 1. The number of morpholine rings is 1. The highest BCUT2D eigenvalue weighted by molar-refractivity contribution is 9.10. The van der Waals surface area contributed by atoms with Gasteiger partial charge in [-0.2, -0.15) is 4.31 Å². The zero-order valence-electron chi connectivity index (χ0n) is 14.9. The molecule has 1 aliphatic heterocycles. The smallest absolute Gasteiger partial charge is 0.252 e. The summed E-state index contributed by atoms with van der Waals surface area (Å²) in [4.78, 5) is 13.1. The maximum absolute atomic E-state index is 12.7. The fraction of sp³-hybridized carbons (Fsp3) is 0.389. The number of sulfonamides is 1. The summed E-state index contributed by atoms with van der Waals surface area (Å²) in [5, 5.41) is 2.95. The van der Waals surface area contributed by atoms with Crippen molar-refractivity contribution in [1.29, 1.82) is 0 Å². The zero-order chi connectivity index (χ0) is 19.4. The molecule has 27 heavy (non-hydrogen) atoms. The zero-order valence-corrected chi connectivity index (χ0v) is 18.1. The number of nitrogens with zero attached hydrogens (tertiary/aromatic N) is 1. The van der Waals surface area contributed by atoms with Gasteiger partial charge in [-0.1, -0.05) is 28.1 Å². The molecule has 146 valence electrons. The Hall–Kier alpha value is -1.26. The van der Waals surface area contributed by atoms with Gasteiger partial charge in [0.15, 0.2) is 0 Å². The number of hydrogen-bond acceptors (Lipinski definition) is 5. The molecule has 1 aromatic carbocycles. The minimum absolute atomic E-state index is 0.123. The van der Waals surface area contributed by atoms with Crippen molar-refractivity contribution in [2.24, 2.45) is 0 Å². The Bertz CT molecular complexity index is 890. The van der Waals surface area contributed by atoms with E-state index < -0.39 is 10.0 Å². The fourth-order valence-corrected chi connectivity index (χ4v) is 5.97. The first-order valence-electron chi connectivity index (χ1n) is 8.58. The SMILES string of the molecule is C[C@@H](NC(=O)Cc1ccc(S(=O)(=O)N2CCOCC2)s1)c1ccc(Br)cc1. The molecule has 0 aliphatic carbocycles. The third-order valence-corrected chi connectivity index (χ3v) is 8.26. The molecule has 1 atom stereocenters. The molecule has 6 nitrogen and oxygen atoms in total. The number of carbonyl (C=O) groups excluding carboxylic acids is 1. The highest BCUT2D eigenvalue weighted by Crippen LogP contribution is 2.26. The van der Waals surface area contributed by atoms with E-state index >= 15 is 0 Å². The van der Waals surface area contributed by atoms with Crippen LogP contribution in [0.15, 0.2) is 45.1 Å². The van der Waals surface area contributed by atoms with Crippen LogP contribution in [0, 0.1) is 0 Å². The second-order valence-electron chi connectivity index (χ2n) is 6.25. The van der Waals surface area contributed by atoms with E-state index in [9.17, 15) is 13.2 Å². The normalized spacial score (nSPS) is 16.8. The minimum atomic E-state index is -3.51. The lowest BCUT2D eigenvalue weighted by atomic mass is 10.1. The maximum atomic E-state index is 12.7. The summed E-state index contributed by atoms with van der Waals surface area (Å²) in [6, 6.07) is 10.9. The van der Waals surface area contributed by atoms with Gasteiger partial charge in [-0.25, -0.2) is 8.42 Å². The first kappa shape index (κ1) is 20.5. The van der Waals surface area contributed by atoms with E-state index in [1.165, 1.54) is 4.31 Å². The number of amides is 1. The van der Waals surface area contributed by atoms with Gasteiger partial charge < -0.3 is 10.1 Å². The van der Waals surface area contributed by atoms with Crippen LogP contribution in [0.3, 0.4) is 0 Å². The number of rotatable bonds is 6. The van der Waals surface area contributed by atoms with Crippen molar-refractivity contribution in [3.8, 4) is 0 Å². The topological polar surface area (TPSA) is 75.7 Å². The summed E-state index contributed by atoms with van der Waals surface area (Å²) in [6.07, 6.45) is 0.157. The van der Waals surface area contributed by atoms with Crippen molar-refractivity contribution < 1.29 is 17.9 Å². The molecule has 0 radical (unpaired) electrons. The van der Waals surface area contributed by atoms with Crippen LogP contribution in [0.25, 0.3) is 0 Å². The molecule has 0 unspecified atom stereocenters. The van der Waals surface area contributed by atoms with Crippen molar-refractivity contribution in [1.82, 2.24) is 9.62 Å². The van der Waals surface area contributed by atoms with Crippen LogP contribution >= 0.6 is 27.3 Å². The molecule has 1 aliphatic rings. The summed E-state index contributed by atoms with van der Waals surface area (Å²) in [6.45, 7) is 3.47. The molecular weight excluding hydrogens is 452 g/mol. The van der Waals surface area contributed by atoms with E-state index in [0.717, 1.165) is 26.3 Å². The summed E-state index contributed by atoms with van der Waals surface area (Å²) >= 11 is 4.54. The number of hydrogen-bond donors (Lipinski definition) is 1. The first-order valence-corrected chi connectivity index (χ1v) is 11.6. The van der Waals surface area contributed by atoms with Gasteiger partial charge in [0.1, 0.15) is 4.21 Å². The average molecular weight is 473 g/mol. The third kappa shape index (κ3) is 5.17. The molecule has 1 fully saturated rings. The molecule has 1 N–H and O–H groups in total. The molecular formula is C18H21BrN2O4S2. The Balaban J connectivity index is 1.61. The molecule has 1 amide bonds. The lowest BCUT2D eigenvalue weighted by Gasteiger charge is -2.25. The van der Waals surface area contributed by atoms with Crippen molar-refractivity contribution in [3.05, 3.63) is 51.3 Å². The minimum Gasteiger partial charge on any atom is -0.379 e. The van der Waals surface area contributed by atoms with Crippen molar-refractivity contribution >= 4 is 43.2 Å². The largest absolute Gasteiger partial charge is 0.379 e. The van der Waals surface area contributed by atoms with Crippen LogP contribution in [0.2, 0.25) is 0 Å². The highest BCUT2D eigenvalue weighted by Gasteiger charge is 2.28. The lowest BCUT2D eigenvalue weighted by Crippen LogP contribution is -2.40. The first-order chi connectivity index (χ1) is 12.9. The molecule has 0 bridgehead atoms. The predicted octanol–water partition coefficient (Wildman–Crippen LogP) is 2.95. The second kappa shape index (κ2) is 8.83. The molecule has 2 aromatic rings. The summed E-state index contributed by atoms with van der Waals surface area (Å²) in [5.41, 5.74) is 1.01. The van der Waals surface area contributed by atoms with Gasteiger partial charge in [-0.3, -0.25) is 4.79 Å². The summed E-state index contributed by atoms with van der Waals surface area (Å²) in [7, 11) is -3.51. The van der Waals surface area contributed by atoms with E-state index in [1.54, 1.807) is 12.1 Å². The van der Waals surface area contributed by atoms with E-state index in [-0.39, 0.29) is 22.6 Å². The van der Waals surface area contributed by atoms with Crippen LogP contribution in [0.5, 0.6) is 0 Å². The van der Waals surface area contributed by atoms with Crippen LogP contribution in [0.1, 0.15) is 23.4 Å². The lowest BCUT2D eigenvalue weighted by molar-refractivity contribution is -0.121. The van der Waals surface area contributed by atoms with E-state index in [2.05, 4.69) is 21.2 Å². The monoisotopic (exact) mass is 472 g/mol. The number of ether oxygens (including phenoxy) is 1. The number of nitrogens with one attached hydrogen (secondary N) is 1.